The van der Waals surface area contributed by atoms with Crippen molar-refractivity contribution in [1.29, 1.82) is 0 Å². The molecule has 0 aliphatic carbocycles. The molecule has 0 aliphatic rings. The van der Waals surface area contributed by atoms with Crippen LogP contribution in [0.2, 0.25) is 0 Å². The standard InChI is InChI=1S/C64H43N3O2/c1-39-33-56-51(36-50(39)46-22-10-9-21-45(46)40(2)41-29-31-60-52(34-41)47-23-11-14-26-57(47)65(60)42-17-5-3-6-18-42)55-37-54-49-25-13-16-28-59(49)67(62(54)38-63(55)69-64(56)68)44-30-32-61-53(35-44)48-24-12-15-27-58(48)66(61)43-19-7-4-8-20-43/h3-38,40H,1-2H3. The Morgan fingerprint density at radius 1 is 0.362 bits per heavy atom. The Balaban J connectivity index is 0.928. The molecule has 5 nitrogen and oxygen atoms in total. The van der Waals surface area contributed by atoms with Crippen LogP contribution in [-0.4, -0.2) is 13.7 Å². The molecule has 0 radical (unpaired) electrons. The van der Waals surface area contributed by atoms with Crippen LogP contribution in [0.4, 0.5) is 0 Å². The third kappa shape index (κ3) is 5.87. The maximum absolute atomic E-state index is 14.1. The fourth-order valence-corrected chi connectivity index (χ4v) is 11.5. The average molecular weight is 886 g/mol. The normalized spacial score (nSPS) is 12.5. The van der Waals surface area contributed by atoms with E-state index in [1.165, 1.54) is 43.7 Å². The zero-order chi connectivity index (χ0) is 45.9. The first kappa shape index (κ1) is 39.3. The second kappa shape index (κ2) is 15.0. The molecule has 0 aliphatic heterocycles. The van der Waals surface area contributed by atoms with E-state index in [1.807, 2.05) is 6.07 Å². The lowest BCUT2D eigenvalue weighted by atomic mass is 9.85. The highest BCUT2D eigenvalue weighted by atomic mass is 16.4. The molecule has 69 heavy (non-hydrogen) atoms. The van der Waals surface area contributed by atoms with E-state index in [4.69, 9.17) is 4.42 Å². The van der Waals surface area contributed by atoms with Crippen molar-refractivity contribution in [2.75, 3.05) is 0 Å². The van der Waals surface area contributed by atoms with Gasteiger partial charge in [-0.1, -0.05) is 128 Å². The van der Waals surface area contributed by atoms with Gasteiger partial charge in [-0.25, -0.2) is 4.79 Å². The van der Waals surface area contributed by atoms with Crippen LogP contribution in [-0.2, 0) is 0 Å². The molecule has 1 atom stereocenters. The number of fused-ring (bicyclic) bond motifs is 12. The van der Waals surface area contributed by atoms with Gasteiger partial charge in [0.15, 0.2) is 0 Å². The minimum Gasteiger partial charge on any atom is -0.422 e. The second-order valence-corrected chi connectivity index (χ2v) is 18.5. The van der Waals surface area contributed by atoms with Gasteiger partial charge in [-0.2, -0.15) is 0 Å². The van der Waals surface area contributed by atoms with Gasteiger partial charge in [0.25, 0.3) is 0 Å². The first-order valence-corrected chi connectivity index (χ1v) is 23.7. The Hall–Kier alpha value is -8.93. The van der Waals surface area contributed by atoms with Crippen molar-refractivity contribution >= 4 is 87.2 Å². The topological polar surface area (TPSA) is 45.0 Å². The Kier molecular flexibility index (Phi) is 8.56. The molecule has 0 bridgehead atoms. The summed E-state index contributed by atoms with van der Waals surface area (Å²) in [7, 11) is 0. The summed E-state index contributed by atoms with van der Waals surface area (Å²) in [6.07, 6.45) is 0. The third-order valence-electron chi connectivity index (χ3n) is 14.7. The van der Waals surface area contributed by atoms with E-state index in [0.29, 0.717) is 11.0 Å². The molecule has 4 heterocycles. The summed E-state index contributed by atoms with van der Waals surface area (Å²) in [5, 5.41) is 9.44. The highest BCUT2D eigenvalue weighted by Gasteiger charge is 2.22. The van der Waals surface area contributed by atoms with Crippen molar-refractivity contribution in [2.45, 2.75) is 19.8 Å². The van der Waals surface area contributed by atoms with Gasteiger partial charge in [0.2, 0.25) is 0 Å². The van der Waals surface area contributed by atoms with Crippen molar-refractivity contribution in [3.63, 3.8) is 0 Å². The molecular weight excluding hydrogens is 843 g/mol. The molecule has 0 spiro atoms. The largest absolute Gasteiger partial charge is 0.422 e. The van der Waals surface area contributed by atoms with Gasteiger partial charge in [-0.05, 0) is 126 Å². The fraction of sp³-hybridized carbons (Fsp3) is 0.0469. The molecular formula is C64H43N3O2. The Bertz CT molecular complexity index is 4470. The van der Waals surface area contributed by atoms with Crippen molar-refractivity contribution < 1.29 is 4.42 Å². The summed E-state index contributed by atoms with van der Waals surface area (Å²) in [4.78, 5) is 14.1. The minimum absolute atomic E-state index is 0.0805. The molecule has 326 valence electrons. The van der Waals surface area contributed by atoms with E-state index in [1.54, 1.807) is 0 Å². The van der Waals surface area contributed by atoms with Crippen LogP contribution in [0.5, 0.6) is 0 Å². The Morgan fingerprint density at radius 2 is 0.870 bits per heavy atom. The number of hydrogen-bond acceptors (Lipinski definition) is 2. The number of benzene rings is 10. The summed E-state index contributed by atoms with van der Waals surface area (Å²) in [6.45, 7) is 4.41. The molecule has 14 rings (SSSR count). The first-order chi connectivity index (χ1) is 34.0. The van der Waals surface area contributed by atoms with Gasteiger partial charge in [0.1, 0.15) is 5.58 Å². The monoisotopic (exact) mass is 885 g/mol. The zero-order valence-corrected chi connectivity index (χ0v) is 38.0. The van der Waals surface area contributed by atoms with E-state index >= 15 is 0 Å². The zero-order valence-electron chi connectivity index (χ0n) is 38.0. The summed E-state index contributed by atoms with van der Waals surface area (Å²) < 4.78 is 13.3. The molecule has 1 unspecified atom stereocenters. The molecule has 0 saturated heterocycles. The van der Waals surface area contributed by atoms with Gasteiger partial charge >= 0.3 is 5.63 Å². The molecule has 5 heteroatoms. The van der Waals surface area contributed by atoms with Crippen molar-refractivity contribution in [3.8, 4) is 28.2 Å². The average Bonchev–Trinajstić information content (AvgIpc) is 4.03. The highest BCUT2D eigenvalue weighted by Crippen LogP contribution is 2.43. The van der Waals surface area contributed by atoms with E-state index in [0.717, 1.165) is 77.4 Å². The van der Waals surface area contributed by atoms with Crippen LogP contribution in [0, 0.1) is 6.92 Å². The Morgan fingerprint density at radius 3 is 1.51 bits per heavy atom. The minimum atomic E-state index is -0.339. The van der Waals surface area contributed by atoms with Gasteiger partial charge in [-0.15, -0.1) is 0 Å². The predicted molar refractivity (Wildman–Crippen MR) is 287 cm³/mol. The van der Waals surface area contributed by atoms with Crippen LogP contribution in [0.1, 0.15) is 29.5 Å². The van der Waals surface area contributed by atoms with Crippen LogP contribution in [0.25, 0.3) is 115 Å². The number of para-hydroxylation sites is 5. The maximum atomic E-state index is 14.1. The fourth-order valence-electron chi connectivity index (χ4n) is 11.5. The number of hydrogen-bond donors (Lipinski definition) is 0. The van der Waals surface area contributed by atoms with E-state index in [9.17, 15) is 4.79 Å². The molecule has 0 amide bonds. The van der Waals surface area contributed by atoms with Gasteiger partial charge in [0, 0.05) is 72.1 Å². The van der Waals surface area contributed by atoms with Gasteiger partial charge in [0.05, 0.1) is 38.5 Å². The lowest BCUT2D eigenvalue weighted by molar-refractivity contribution is 0.570. The van der Waals surface area contributed by atoms with Crippen molar-refractivity contribution in [1.82, 2.24) is 13.7 Å². The molecule has 0 fully saturated rings. The van der Waals surface area contributed by atoms with Crippen LogP contribution in [0.3, 0.4) is 0 Å². The van der Waals surface area contributed by atoms with E-state index < -0.39 is 0 Å². The van der Waals surface area contributed by atoms with Crippen LogP contribution < -0.4 is 5.63 Å². The van der Waals surface area contributed by atoms with Gasteiger partial charge < -0.3 is 18.1 Å². The number of nitrogens with zero attached hydrogens (tertiary/aromatic N) is 3. The molecule has 4 aromatic heterocycles. The highest BCUT2D eigenvalue weighted by molar-refractivity contribution is 6.18. The molecule has 10 aromatic carbocycles. The summed E-state index contributed by atoms with van der Waals surface area (Å²) >= 11 is 0. The second-order valence-electron chi connectivity index (χ2n) is 18.5. The van der Waals surface area contributed by atoms with Crippen molar-refractivity contribution in [3.05, 3.63) is 245 Å². The molecule has 14 aromatic rings. The summed E-state index contributed by atoms with van der Waals surface area (Å²) in [5.41, 5.74) is 16.0. The van der Waals surface area contributed by atoms with Crippen LogP contribution in [0.15, 0.2) is 228 Å². The third-order valence-corrected chi connectivity index (χ3v) is 14.7. The SMILES string of the molecule is Cc1cc2c(=O)oc3cc4c(cc3c2cc1-c1ccccc1C(C)c1ccc2c(c1)c1ccccc1n2-c1ccccc1)c1ccccc1n4-c1ccc2c(c1)c1ccccc1n2-c1ccccc1. The lowest BCUT2D eigenvalue weighted by Crippen LogP contribution is -2.03. The van der Waals surface area contributed by atoms with Crippen molar-refractivity contribution in [2.24, 2.45) is 0 Å². The predicted octanol–water partition coefficient (Wildman–Crippen LogP) is 16.4. The smallest absolute Gasteiger partial charge is 0.344 e. The Labute approximate surface area is 396 Å². The number of rotatable bonds is 6. The summed E-state index contributed by atoms with van der Waals surface area (Å²) in [6, 6.07) is 78.1. The molecule has 0 saturated carbocycles. The van der Waals surface area contributed by atoms with Gasteiger partial charge in [-0.3, -0.25) is 0 Å². The van der Waals surface area contributed by atoms with Crippen LogP contribution >= 0.6 is 0 Å². The maximum Gasteiger partial charge on any atom is 0.344 e. The number of aryl methyl sites for hydroxylation is 1. The van der Waals surface area contributed by atoms with E-state index in [2.05, 4.69) is 240 Å². The quantitative estimate of drug-likeness (QED) is 0.123. The lowest BCUT2D eigenvalue weighted by Gasteiger charge is -2.19. The summed E-state index contributed by atoms with van der Waals surface area (Å²) in [5.74, 6) is 0.0805. The first-order valence-electron chi connectivity index (χ1n) is 23.7. The number of aromatic nitrogens is 3. The van der Waals surface area contributed by atoms with E-state index in [-0.39, 0.29) is 11.5 Å². The molecule has 0 N–H and O–H groups in total.